The first-order chi connectivity index (χ1) is 10.6. The first kappa shape index (κ1) is 14.7. The summed E-state index contributed by atoms with van der Waals surface area (Å²) < 4.78 is 0. The largest absolute Gasteiger partial charge is 0.508 e. The van der Waals surface area contributed by atoms with Gasteiger partial charge < -0.3 is 15.3 Å². The van der Waals surface area contributed by atoms with Crippen LogP contribution >= 0.6 is 11.6 Å². The van der Waals surface area contributed by atoms with E-state index in [9.17, 15) is 9.90 Å². The zero-order valence-electron chi connectivity index (χ0n) is 12.2. The summed E-state index contributed by atoms with van der Waals surface area (Å²) in [5.41, 5.74) is 2.02. The fourth-order valence-corrected chi connectivity index (χ4v) is 2.93. The van der Waals surface area contributed by atoms with Crippen molar-refractivity contribution in [2.24, 2.45) is 0 Å². The number of aromatic hydroxyl groups is 1. The molecule has 0 saturated carbocycles. The van der Waals surface area contributed by atoms with Crippen molar-refractivity contribution in [3.05, 3.63) is 58.6 Å². The molecule has 114 valence electrons. The molecule has 2 N–H and O–H groups in total. The zero-order chi connectivity index (χ0) is 15.7. The molecule has 1 amide bonds. The first-order valence-electron chi connectivity index (χ1n) is 7.26. The van der Waals surface area contributed by atoms with Crippen molar-refractivity contribution < 1.29 is 9.90 Å². The van der Waals surface area contributed by atoms with Gasteiger partial charge in [0.2, 0.25) is 0 Å². The van der Waals surface area contributed by atoms with E-state index in [1.54, 1.807) is 29.2 Å². The fraction of sp³-hybridized carbons (Fsp3) is 0.235. The fourth-order valence-electron chi connectivity index (χ4n) is 2.75. The van der Waals surface area contributed by atoms with E-state index in [4.69, 9.17) is 11.6 Å². The number of halogens is 1. The van der Waals surface area contributed by atoms with E-state index < -0.39 is 6.17 Å². The Morgan fingerprint density at radius 2 is 2.05 bits per heavy atom. The molecule has 3 rings (SSSR count). The van der Waals surface area contributed by atoms with Crippen molar-refractivity contribution in [2.45, 2.75) is 19.5 Å². The molecule has 1 heterocycles. The summed E-state index contributed by atoms with van der Waals surface area (Å²) in [6.07, 6.45) is 0.397. The molecule has 1 aliphatic rings. The average Bonchev–Trinajstić information content (AvgIpc) is 2.52. The van der Waals surface area contributed by atoms with Crippen LogP contribution in [0.25, 0.3) is 0 Å². The monoisotopic (exact) mass is 316 g/mol. The number of hydrogen-bond acceptors (Lipinski definition) is 3. The summed E-state index contributed by atoms with van der Waals surface area (Å²) in [6, 6.07) is 12.3. The van der Waals surface area contributed by atoms with Gasteiger partial charge in [0.25, 0.3) is 5.91 Å². The van der Waals surface area contributed by atoms with Crippen LogP contribution in [0.3, 0.4) is 0 Å². The van der Waals surface area contributed by atoms with Crippen molar-refractivity contribution in [1.29, 1.82) is 0 Å². The maximum absolute atomic E-state index is 12.8. The number of para-hydroxylation sites is 1. The van der Waals surface area contributed by atoms with Gasteiger partial charge in [-0.3, -0.25) is 4.79 Å². The van der Waals surface area contributed by atoms with Crippen LogP contribution in [-0.2, 0) is 0 Å². The normalized spacial score (nSPS) is 17.1. The van der Waals surface area contributed by atoms with Crippen LogP contribution in [0.5, 0.6) is 5.75 Å². The predicted octanol–water partition coefficient (Wildman–Crippen LogP) is 4.02. The van der Waals surface area contributed by atoms with E-state index in [1.807, 2.05) is 25.1 Å². The molecule has 0 bridgehead atoms. The number of amides is 1. The van der Waals surface area contributed by atoms with Gasteiger partial charge in [-0.05, 0) is 36.8 Å². The number of fused-ring (bicyclic) bond motifs is 1. The minimum Gasteiger partial charge on any atom is -0.508 e. The minimum atomic E-state index is -0.430. The van der Waals surface area contributed by atoms with Crippen molar-refractivity contribution in [3.63, 3.8) is 0 Å². The summed E-state index contributed by atoms with van der Waals surface area (Å²) in [5.74, 6) is 0.0794. The molecule has 1 aliphatic heterocycles. The molecule has 0 aliphatic carbocycles. The summed E-state index contributed by atoms with van der Waals surface area (Å²) in [4.78, 5) is 14.5. The summed E-state index contributed by atoms with van der Waals surface area (Å²) in [7, 11) is 0. The molecule has 2 aromatic carbocycles. The van der Waals surface area contributed by atoms with E-state index in [0.717, 1.165) is 12.1 Å². The second-order valence-electron chi connectivity index (χ2n) is 5.29. The molecule has 1 unspecified atom stereocenters. The highest BCUT2D eigenvalue weighted by molar-refractivity contribution is 6.30. The third-order valence-electron chi connectivity index (χ3n) is 3.77. The quantitative estimate of drug-likeness (QED) is 0.899. The van der Waals surface area contributed by atoms with E-state index in [-0.39, 0.29) is 11.7 Å². The number of carbonyl (C=O) groups excluding carboxylic acids is 1. The highest BCUT2D eigenvalue weighted by Gasteiger charge is 2.33. The number of carbonyl (C=O) groups is 1. The lowest BCUT2D eigenvalue weighted by Crippen LogP contribution is -2.43. The SMILES string of the molecule is CCCN1C(=O)c2ccccc2NC1c1cc(Cl)ccc1O. The summed E-state index contributed by atoms with van der Waals surface area (Å²) in [6.45, 7) is 2.61. The zero-order valence-corrected chi connectivity index (χ0v) is 13.0. The van der Waals surface area contributed by atoms with Gasteiger partial charge in [0, 0.05) is 22.8 Å². The Morgan fingerprint density at radius 3 is 2.82 bits per heavy atom. The number of phenols is 1. The number of benzene rings is 2. The van der Waals surface area contributed by atoms with Crippen LogP contribution in [0.1, 0.15) is 35.4 Å². The number of anilines is 1. The molecule has 5 heteroatoms. The van der Waals surface area contributed by atoms with Crippen molar-refractivity contribution in [3.8, 4) is 5.75 Å². The van der Waals surface area contributed by atoms with Gasteiger partial charge >= 0.3 is 0 Å². The molecule has 0 radical (unpaired) electrons. The number of phenolic OH excluding ortho intramolecular Hbond substituents is 1. The van der Waals surface area contributed by atoms with Crippen molar-refractivity contribution in [2.75, 3.05) is 11.9 Å². The standard InChI is InChI=1S/C17H17ClN2O2/c1-2-9-20-16(13-10-11(18)7-8-15(13)21)19-14-6-4-3-5-12(14)17(20)22/h3-8,10,16,19,21H,2,9H2,1H3. The van der Waals surface area contributed by atoms with Gasteiger partial charge in [-0.25, -0.2) is 0 Å². The van der Waals surface area contributed by atoms with E-state index >= 15 is 0 Å². The molecule has 1 atom stereocenters. The van der Waals surface area contributed by atoms with E-state index in [0.29, 0.717) is 22.7 Å². The maximum atomic E-state index is 12.8. The molecule has 0 saturated heterocycles. The van der Waals surface area contributed by atoms with Crippen molar-refractivity contribution >= 4 is 23.2 Å². The van der Waals surface area contributed by atoms with E-state index in [2.05, 4.69) is 5.32 Å². The first-order valence-corrected chi connectivity index (χ1v) is 7.64. The third-order valence-corrected chi connectivity index (χ3v) is 4.01. The Hall–Kier alpha value is -2.20. The van der Waals surface area contributed by atoms with Crippen molar-refractivity contribution in [1.82, 2.24) is 4.90 Å². The third kappa shape index (κ3) is 2.50. The van der Waals surface area contributed by atoms with Crippen LogP contribution in [0.4, 0.5) is 5.69 Å². The van der Waals surface area contributed by atoms with Gasteiger partial charge in [0.1, 0.15) is 11.9 Å². The van der Waals surface area contributed by atoms with Gasteiger partial charge in [-0.15, -0.1) is 0 Å². The molecule has 0 spiro atoms. The van der Waals surface area contributed by atoms with Crippen LogP contribution in [-0.4, -0.2) is 22.5 Å². The van der Waals surface area contributed by atoms with Crippen LogP contribution < -0.4 is 5.32 Å². The number of hydrogen-bond donors (Lipinski definition) is 2. The molecule has 0 aromatic heterocycles. The molecule has 2 aromatic rings. The Morgan fingerprint density at radius 1 is 1.27 bits per heavy atom. The number of nitrogens with one attached hydrogen (secondary N) is 1. The maximum Gasteiger partial charge on any atom is 0.257 e. The van der Waals surface area contributed by atoms with Crippen LogP contribution in [0.15, 0.2) is 42.5 Å². The minimum absolute atomic E-state index is 0.0411. The van der Waals surface area contributed by atoms with Crippen LogP contribution in [0, 0.1) is 0 Å². The lowest BCUT2D eigenvalue weighted by molar-refractivity contribution is 0.0681. The lowest BCUT2D eigenvalue weighted by Gasteiger charge is -2.38. The molecule has 0 fully saturated rings. The highest BCUT2D eigenvalue weighted by Crippen LogP contribution is 2.37. The molecular formula is C17H17ClN2O2. The average molecular weight is 317 g/mol. The molecular weight excluding hydrogens is 300 g/mol. The number of nitrogens with zero attached hydrogens (tertiary/aromatic N) is 1. The van der Waals surface area contributed by atoms with Gasteiger partial charge in [-0.1, -0.05) is 30.7 Å². The van der Waals surface area contributed by atoms with E-state index in [1.165, 1.54) is 0 Å². The van der Waals surface area contributed by atoms with Gasteiger partial charge in [0.05, 0.1) is 5.56 Å². The Labute approximate surface area is 134 Å². The predicted molar refractivity (Wildman–Crippen MR) is 87.3 cm³/mol. The second kappa shape index (κ2) is 5.89. The second-order valence-corrected chi connectivity index (χ2v) is 5.73. The smallest absolute Gasteiger partial charge is 0.257 e. The number of rotatable bonds is 3. The lowest BCUT2D eigenvalue weighted by atomic mass is 10.0. The Kier molecular flexibility index (Phi) is 3.94. The Balaban J connectivity index is 2.09. The Bertz CT molecular complexity index is 718. The molecule has 4 nitrogen and oxygen atoms in total. The van der Waals surface area contributed by atoms with Crippen LogP contribution in [0.2, 0.25) is 5.02 Å². The van der Waals surface area contributed by atoms with Gasteiger partial charge in [-0.2, -0.15) is 0 Å². The topological polar surface area (TPSA) is 52.6 Å². The molecule has 22 heavy (non-hydrogen) atoms. The van der Waals surface area contributed by atoms with Gasteiger partial charge in [0.15, 0.2) is 0 Å². The highest BCUT2D eigenvalue weighted by atomic mass is 35.5. The summed E-state index contributed by atoms with van der Waals surface area (Å²) >= 11 is 6.06. The summed E-state index contributed by atoms with van der Waals surface area (Å²) in [5, 5.41) is 14.0.